The Balaban J connectivity index is 3.01. The van der Waals surface area contributed by atoms with Gasteiger partial charge in [-0.25, -0.2) is 18.4 Å². The molecule has 0 aliphatic heterocycles. The average Bonchev–Trinajstić information content (AvgIpc) is 2.38. The summed E-state index contributed by atoms with van der Waals surface area (Å²) in [5, 5.41) is 4.89. The molecule has 1 rings (SSSR count). The first-order valence-corrected chi connectivity index (χ1v) is 8.66. The number of nitrogens with two attached hydrogens (primary N) is 1. The van der Waals surface area contributed by atoms with Gasteiger partial charge in [0, 0.05) is 0 Å². The van der Waals surface area contributed by atoms with Gasteiger partial charge >= 0.3 is 5.97 Å². The van der Waals surface area contributed by atoms with Gasteiger partial charge in [0.1, 0.15) is 0 Å². The molecule has 0 spiro atoms. The second kappa shape index (κ2) is 7.45. The summed E-state index contributed by atoms with van der Waals surface area (Å²) in [4.78, 5) is 11.7. The van der Waals surface area contributed by atoms with Crippen molar-refractivity contribution in [1.29, 1.82) is 0 Å². The maximum Gasteiger partial charge on any atom is 0.339 e. The van der Waals surface area contributed by atoms with Crippen molar-refractivity contribution in [2.75, 3.05) is 6.61 Å². The minimum absolute atomic E-state index is 0.0581. The number of esters is 1. The Morgan fingerprint density at radius 3 is 2.52 bits per heavy atom. The minimum atomic E-state index is -3.99. The fourth-order valence-electron chi connectivity index (χ4n) is 1.75. The second-order valence-corrected chi connectivity index (χ2v) is 7.15. The highest BCUT2D eigenvalue weighted by Crippen LogP contribution is 2.29. The predicted octanol–water partition coefficient (Wildman–Crippen LogP) is 3.23. The Morgan fingerprint density at radius 2 is 2.00 bits per heavy atom. The maximum absolute atomic E-state index is 12.0. The van der Waals surface area contributed by atoms with Gasteiger partial charge in [0.05, 0.1) is 27.1 Å². The number of carbonyl (C=O) groups excluding carboxylic acids is 1. The van der Waals surface area contributed by atoms with Gasteiger partial charge < -0.3 is 4.74 Å². The van der Waals surface area contributed by atoms with Crippen LogP contribution in [0.2, 0.25) is 10.0 Å². The molecular formula is C13H17Cl2NO4S. The third kappa shape index (κ3) is 5.14. The van der Waals surface area contributed by atoms with Crippen LogP contribution in [0.15, 0.2) is 17.0 Å². The highest BCUT2D eigenvalue weighted by Gasteiger charge is 2.20. The summed E-state index contributed by atoms with van der Waals surface area (Å²) in [5.41, 5.74) is -0.114. The molecule has 118 valence electrons. The summed E-state index contributed by atoms with van der Waals surface area (Å²) in [6.07, 6.45) is 1.89. The summed E-state index contributed by atoms with van der Waals surface area (Å²) in [6, 6.07) is 2.16. The van der Waals surface area contributed by atoms with Crippen LogP contribution in [-0.2, 0) is 14.8 Å². The Morgan fingerprint density at radius 1 is 1.38 bits per heavy atom. The molecule has 0 aliphatic carbocycles. The van der Waals surface area contributed by atoms with Crippen molar-refractivity contribution in [2.24, 2.45) is 11.1 Å². The van der Waals surface area contributed by atoms with Crippen molar-refractivity contribution in [2.45, 2.75) is 31.6 Å². The largest absolute Gasteiger partial charge is 0.462 e. The van der Waals surface area contributed by atoms with Crippen molar-refractivity contribution in [3.05, 3.63) is 27.7 Å². The first-order chi connectivity index (χ1) is 9.66. The standard InChI is InChI=1S/C13H17Cl2NO4S/c1-3-4-8(2)7-20-13(17)10-5-9(21(16,18)19)6-11(14)12(10)15/h5-6,8H,3-4,7H2,1-2H3,(H2,16,18,19). The molecule has 0 aliphatic rings. The van der Waals surface area contributed by atoms with E-state index in [2.05, 4.69) is 0 Å². The van der Waals surface area contributed by atoms with Crippen molar-refractivity contribution in [1.82, 2.24) is 0 Å². The number of hydrogen-bond acceptors (Lipinski definition) is 4. The SMILES string of the molecule is CCCC(C)COC(=O)c1cc(S(N)(=O)=O)cc(Cl)c1Cl. The number of primary sulfonamides is 1. The van der Waals surface area contributed by atoms with Gasteiger partial charge in [-0.3, -0.25) is 0 Å². The molecule has 1 aromatic carbocycles. The maximum atomic E-state index is 12.0. The van der Waals surface area contributed by atoms with E-state index in [1.807, 2.05) is 13.8 Å². The van der Waals surface area contributed by atoms with Gasteiger partial charge in [0.25, 0.3) is 0 Å². The molecule has 2 N–H and O–H groups in total. The molecule has 0 bridgehead atoms. The van der Waals surface area contributed by atoms with Crippen LogP contribution in [0.5, 0.6) is 0 Å². The molecule has 0 fully saturated rings. The topological polar surface area (TPSA) is 86.5 Å². The molecule has 0 saturated heterocycles. The fourth-order valence-corrected chi connectivity index (χ4v) is 2.78. The van der Waals surface area contributed by atoms with Crippen LogP contribution >= 0.6 is 23.2 Å². The van der Waals surface area contributed by atoms with Crippen LogP contribution in [-0.4, -0.2) is 21.0 Å². The number of hydrogen-bond donors (Lipinski definition) is 1. The number of sulfonamides is 1. The number of carbonyl (C=O) groups is 1. The minimum Gasteiger partial charge on any atom is -0.462 e. The smallest absolute Gasteiger partial charge is 0.339 e. The molecule has 8 heteroatoms. The fraction of sp³-hybridized carbons (Fsp3) is 0.462. The van der Waals surface area contributed by atoms with E-state index in [1.54, 1.807) is 0 Å². The van der Waals surface area contributed by atoms with Crippen LogP contribution in [0.25, 0.3) is 0 Å². The summed E-state index contributed by atoms with van der Waals surface area (Å²) < 4.78 is 27.8. The highest BCUT2D eigenvalue weighted by atomic mass is 35.5. The van der Waals surface area contributed by atoms with Gasteiger partial charge in [0.2, 0.25) is 10.0 Å². The lowest BCUT2D eigenvalue weighted by Gasteiger charge is -2.12. The van der Waals surface area contributed by atoms with Crippen LogP contribution in [0.3, 0.4) is 0 Å². The first-order valence-electron chi connectivity index (χ1n) is 6.35. The molecule has 21 heavy (non-hydrogen) atoms. The summed E-state index contributed by atoms with van der Waals surface area (Å²) in [5.74, 6) is -0.523. The third-order valence-electron chi connectivity index (χ3n) is 2.83. The average molecular weight is 354 g/mol. The van der Waals surface area contributed by atoms with E-state index in [9.17, 15) is 13.2 Å². The Hall–Kier alpha value is -0.820. The highest BCUT2D eigenvalue weighted by molar-refractivity contribution is 7.89. The van der Waals surface area contributed by atoms with Gasteiger partial charge in [0.15, 0.2) is 0 Å². The summed E-state index contributed by atoms with van der Waals surface area (Å²) in [7, 11) is -3.99. The normalized spacial score (nSPS) is 13.0. The Labute approximate surface area is 134 Å². The van der Waals surface area contributed by atoms with Crippen molar-refractivity contribution >= 4 is 39.2 Å². The van der Waals surface area contributed by atoms with Crippen molar-refractivity contribution in [3.63, 3.8) is 0 Å². The number of benzene rings is 1. The van der Waals surface area contributed by atoms with Gasteiger partial charge in [-0.1, -0.05) is 43.5 Å². The molecule has 0 amide bonds. The van der Waals surface area contributed by atoms with E-state index < -0.39 is 16.0 Å². The second-order valence-electron chi connectivity index (χ2n) is 4.80. The number of halogens is 2. The van der Waals surface area contributed by atoms with Gasteiger partial charge in [-0.05, 0) is 24.5 Å². The van der Waals surface area contributed by atoms with Crippen LogP contribution in [0.1, 0.15) is 37.0 Å². The molecular weight excluding hydrogens is 337 g/mol. The van der Waals surface area contributed by atoms with Crippen molar-refractivity contribution < 1.29 is 17.9 Å². The lowest BCUT2D eigenvalue weighted by atomic mass is 10.1. The zero-order valence-corrected chi connectivity index (χ0v) is 14.1. The number of ether oxygens (including phenoxy) is 1. The van der Waals surface area contributed by atoms with Crippen LogP contribution in [0, 0.1) is 5.92 Å². The van der Waals surface area contributed by atoms with E-state index in [0.717, 1.165) is 25.0 Å². The van der Waals surface area contributed by atoms with Crippen LogP contribution < -0.4 is 5.14 Å². The van der Waals surface area contributed by atoms with Gasteiger partial charge in [-0.15, -0.1) is 0 Å². The molecule has 0 saturated carbocycles. The molecule has 1 aromatic rings. The lowest BCUT2D eigenvalue weighted by molar-refractivity contribution is 0.0443. The predicted molar refractivity (Wildman–Crippen MR) is 82.2 cm³/mol. The Bertz CT molecular complexity index is 631. The molecule has 1 atom stereocenters. The number of rotatable bonds is 6. The third-order valence-corrected chi connectivity index (χ3v) is 4.53. The Kier molecular flexibility index (Phi) is 6.46. The van der Waals surface area contributed by atoms with E-state index in [1.165, 1.54) is 0 Å². The first kappa shape index (κ1) is 18.2. The van der Waals surface area contributed by atoms with E-state index >= 15 is 0 Å². The molecule has 0 aromatic heterocycles. The molecule has 5 nitrogen and oxygen atoms in total. The summed E-state index contributed by atoms with van der Waals surface area (Å²) >= 11 is 11.7. The molecule has 0 radical (unpaired) electrons. The van der Waals surface area contributed by atoms with Gasteiger partial charge in [-0.2, -0.15) is 0 Å². The van der Waals surface area contributed by atoms with E-state index in [4.69, 9.17) is 33.1 Å². The summed E-state index contributed by atoms with van der Waals surface area (Å²) in [6.45, 7) is 4.21. The van der Waals surface area contributed by atoms with Crippen molar-refractivity contribution in [3.8, 4) is 0 Å². The lowest BCUT2D eigenvalue weighted by Crippen LogP contribution is -2.16. The van der Waals surface area contributed by atoms with Crippen LogP contribution in [0.4, 0.5) is 0 Å². The molecule has 1 unspecified atom stereocenters. The molecule has 0 heterocycles. The monoisotopic (exact) mass is 353 g/mol. The van der Waals surface area contributed by atoms with E-state index in [0.29, 0.717) is 0 Å². The zero-order chi connectivity index (χ0) is 16.2. The van der Waals surface area contributed by atoms with E-state index in [-0.39, 0.29) is 33.0 Å². The quantitative estimate of drug-likeness (QED) is 0.795. The zero-order valence-electron chi connectivity index (χ0n) is 11.7.